The molecule has 2 nitrogen and oxygen atoms in total. The van der Waals surface area contributed by atoms with Gasteiger partial charge in [0.15, 0.2) is 0 Å². The normalized spacial score (nSPS) is 21.9. The second-order valence-electron chi connectivity index (χ2n) is 4.57. The first-order valence-electron chi connectivity index (χ1n) is 5.24. The van der Waals surface area contributed by atoms with Crippen LogP contribution in [-0.4, -0.2) is 9.55 Å². The fraction of sp³-hybridized carbons (Fsp3) is 0.727. The van der Waals surface area contributed by atoms with Crippen LogP contribution in [0.5, 0.6) is 0 Å². The quantitative estimate of drug-likeness (QED) is 0.680. The van der Waals surface area contributed by atoms with Crippen molar-refractivity contribution >= 4 is 0 Å². The van der Waals surface area contributed by atoms with E-state index >= 15 is 0 Å². The van der Waals surface area contributed by atoms with E-state index in [0.717, 1.165) is 11.8 Å². The summed E-state index contributed by atoms with van der Waals surface area (Å²) in [6.45, 7) is 5.80. The summed E-state index contributed by atoms with van der Waals surface area (Å²) in [4.78, 5) is 4.18. The minimum atomic E-state index is 0.833. The van der Waals surface area contributed by atoms with Crippen LogP contribution in [0.2, 0.25) is 0 Å². The lowest BCUT2D eigenvalue weighted by molar-refractivity contribution is 0.329. The number of aryl methyl sites for hydroxylation is 1. The molecule has 2 heteroatoms. The van der Waals surface area contributed by atoms with Crippen LogP contribution in [0.25, 0.3) is 0 Å². The van der Waals surface area contributed by atoms with Gasteiger partial charge >= 0.3 is 0 Å². The largest absolute Gasteiger partial charge is 0.335 e. The zero-order chi connectivity index (χ0) is 9.26. The maximum absolute atomic E-state index is 4.18. The summed E-state index contributed by atoms with van der Waals surface area (Å²) in [5.41, 5.74) is 1.43. The SMILES string of the molecule is CC(C)CC1CCn2cncc2C1. The lowest BCUT2D eigenvalue weighted by atomic mass is 9.88. The summed E-state index contributed by atoms with van der Waals surface area (Å²) in [6.07, 6.45) is 7.91. The van der Waals surface area contributed by atoms with E-state index in [1.54, 1.807) is 0 Å². The number of fused-ring (bicyclic) bond motifs is 1. The summed E-state index contributed by atoms with van der Waals surface area (Å²) in [5, 5.41) is 0. The molecule has 72 valence electrons. The average molecular weight is 178 g/mol. The predicted octanol–water partition coefficient (Wildman–Crippen LogP) is 2.49. The molecule has 0 saturated heterocycles. The molecule has 0 bridgehead atoms. The average Bonchev–Trinajstić information content (AvgIpc) is 2.49. The molecule has 1 atom stereocenters. The van der Waals surface area contributed by atoms with E-state index in [-0.39, 0.29) is 0 Å². The fourth-order valence-corrected chi connectivity index (χ4v) is 2.31. The highest BCUT2D eigenvalue weighted by Gasteiger charge is 2.18. The molecule has 0 aliphatic carbocycles. The standard InChI is InChI=1S/C11H18N2/c1-9(2)5-10-3-4-13-8-12-7-11(13)6-10/h7-10H,3-6H2,1-2H3. The van der Waals surface area contributed by atoms with E-state index in [0.29, 0.717) is 0 Å². The second kappa shape index (κ2) is 3.52. The smallest absolute Gasteiger partial charge is 0.0948 e. The molecule has 1 aliphatic heterocycles. The predicted molar refractivity (Wildman–Crippen MR) is 53.5 cm³/mol. The number of nitrogens with zero attached hydrogens (tertiary/aromatic N) is 2. The lowest BCUT2D eigenvalue weighted by Gasteiger charge is -2.24. The van der Waals surface area contributed by atoms with Gasteiger partial charge in [-0.2, -0.15) is 0 Å². The molecule has 2 rings (SSSR count). The number of hydrogen-bond acceptors (Lipinski definition) is 1. The number of rotatable bonds is 2. The van der Waals surface area contributed by atoms with Crippen molar-refractivity contribution in [3.05, 3.63) is 18.2 Å². The summed E-state index contributed by atoms with van der Waals surface area (Å²) < 4.78 is 2.29. The van der Waals surface area contributed by atoms with E-state index in [1.165, 1.54) is 31.5 Å². The van der Waals surface area contributed by atoms with E-state index in [2.05, 4.69) is 23.4 Å². The Morgan fingerprint density at radius 1 is 1.62 bits per heavy atom. The zero-order valence-electron chi connectivity index (χ0n) is 8.53. The van der Waals surface area contributed by atoms with Gasteiger partial charge in [-0.1, -0.05) is 13.8 Å². The Kier molecular flexibility index (Phi) is 2.38. The van der Waals surface area contributed by atoms with Crippen LogP contribution in [0.3, 0.4) is 0 Å². The monoisotopic (exact) mass is 178 g/mol. The zero-order valence-corrected chi connectivity index (χ0v) is 8.53. The van der Waals surface area contributed by atoms with Crippen LogP contribution in [0.1, 0.15) is 32.4 Å². The maximum Gasteiger partial charge on any atom is 0.0948 e. The topological polar surface area (TPSA) is 17.8 Å². The summed E-state index contributed by atoms with van der Waals surface area (Å²) in [5.74, 6) is 1.73. The van der Waals surface area contributed by atoms with E-state index in [4.69, 9.17) is 0 Å². The Labute approximate surface area is 80.0 Å². The second-order valence-corrected chi connectivity index (χ2v) is 4.57. The lowest BCUT2D eigenvalue weighted by Crippen LogP contribution is -2.19. The molecule has 2 heterocycles. The summed E-state index contributed by atoms with van der Waals surface area (Å²) >= 11 is 0. The third kappa shape index (κ3) is 1.93. The van der Waals surface area contributed by atoms with Gasteiger partial charge in [0.2, 0.25) is 0 Å². The van der Waals surface area contributed by atoms with Crippen molar-refractivity contribution in [2.75, 3.05) is 0 Å². The molecule has 1 aromatic heterocycles. The van der Waals surface area contributed by atoms with Gasteiger partial charge in [-0.25, -0.2) is 4.98 Å². The molecule has 0 fully saturated rings. The van der Waals surface area contributed by atoms with Crippen LogP contribution in [-0.2, 0) is 13.0 Å². The van der Waals surface area contributed by atoms with Gasteiger partial charge in [-0.15, -0.1) is 0 Å². The van der Waals surface area contributed by atoms with Crippen LogP contribution < -0.4 is 0 Å². The molecule has 1 unspecified atom stereocenters. The van der Waals surface area contributed by atoms with Gasteiger partial charge in [-0.05, 0) is 31.1 Å². The molecule has 1 aliphatic rings. The van der Waals surface area contributed by atoms with Gasteiger partial charge in [0, 0.05) is 18.4 Å². The van der Waals surface area contributed by atoms with Gasteiger partial charge in [0.1, 0.15) is 0 Å². The third-order valence-corrected chi connectivity index (χ3v) is 2.88. The number of imidazole rings is 1. The van der Waals surface area contributed by atoms with Crippen molar-refractivity contribution < 1.29 is 0 Å². The molecular formula is C11H18N2. The molecule has 0 N–H and O–H groups in total. The van der Waals surface area contributed by atoms with Crippen molar-refractivity contribution in [1.82, 2.24) is 9.55 Å². The minimum absolute atomic E-state index is 0.833. The van der Waals surface area contributed by atoms with E-state index in [1.807, 2.05) is 12.5 Å². The first kappa shape index (κ1) is 8.79. The Balaban J connectivity index is 2.00. The van der Waals surface area contributed by atoms with Crippen LogP contribution >= 0.6 is 0 Å². The van der Waals surface area contributed by atoms with Crippen molar-refractivity contribution in [2.24, 2.45) is 11.8 Å². The van der Waals surface area contributed by atoms with Crippen LogP contribution in [0.15, 0.2) is 12.5 Å². The van der Waals surface area contributed by atoms with Gasteiger partial charge in [-0.3, -0.25) is 0 Å². The fourth-order valence-electron chi connectivity index (χ4n) is 2.31. The Bertz CT molecular complexity index is 275. The number of hydrogen-bond donors (Lipinski definition) is 0. The Morgan fingerprint density at radius 2 is 2.46 bits per heavy atom. The highest BCUT2D eigenvalue weighted by atomic mass is 15.0. The first-order valence-corrected chi connectivity index (χ1v) is 5.24. The van der Waals surface area contributed by atoms with Crippen molar-refractivity contribution in [3.63, 3.8) is 0 Å². The van der Waals surface area contributed by atoms with Gasteiger partial charge in [0.25, 0.3) is 0 Å². The van der Waals surface area contributed by atoms with Crippen LogP contribution in [0.4, 0.5) is 0 Å². The molecule has 13 heavy (non-hydrogen) atoms. The van der Waals surface area contributed by atoms with Crippen molar-refractivity contribution in [1.29, 1.82) is 0 Å². The summed E-state index contributed by atoms with van der Waals surface area (Å²) in [7, 11) is 0. The molecule has 0 amide bonds. The van der Waals surface area contributed by atoms with Gasteiger partial charge in [0.05, 0.1) is 6.33 Å². The molecule has 0 spiro atoms. The van der Waals surface area contributed by atoms with E-state index < -0.39 is 0 Å². The Hall–Kier alpha value is -0.790. The van der Waals surface area contributed by atoms with Gasteiger partial charge < -0.3 is 4.57 Å². The molecule has 0 aromatic carbocycles. The van der Waals surface area contributed by atoms with Crippen molar-refractivity contribution in [2.45, 2.75) is 39.7 Å². The summed E-state index contributed by atoms with van der Waals surface area (Å²) in [6, 6.07) is 0. The Morgan fingerprint density at radius 3 is 3.23 bits per heavy atom. The maximum atomic E-state index is 4.18. The van der Waals surface area contributed by atoms with Crippen molar-refractivity contribution in [3.8, 4) is 0 Å². The van der Waals surface area contributed by atoms with Crippen LogP contribution in [0, 0.1) is 11.8 Å². The molecule has 0 saturated carbocycles. The highest BCUT2D eigenvalue weighted by Crippen LogP contribution is 2.25. The molecule has 1 aromatic rings. The minimum Gasteiger partial charge on any atom is -0.335 e. The number of aromatic nitrogens is 2. The molecule has 0 radical (unpaired) electrons. The highest BCUT2D eigenvalue weighted by molar-refractivity contribution is 5.02. The third-order valence-electron chi connectivity index (χ3n) is 2.88. The first-order chi connectivity index (χ1) is 6.25. The van der Waals surface area contributed by atoms with E-state index in [9.17, 15) is 0 Å². The molecular weight excluding hydrogens is 160 g/mol.